The van der Waals surface area contributed by atoms with Crippen molar-refractivity contribution in [3.8, 4) is 5.75 Å². The van der Waals surface area contributed by atoms with Crippen LogP contribution in [-0.2, 0) is 9.59 Å². The van der Waals surface area contributed by atoms with Gasteiger partial charge in [0.2, 0.25) is 5.91 Å². The van der Waals surface area contributed by atoms with E-state index in [2.05, 4.69) is 5.32 Å². The SMILES string of the molecule is CCN(CCC(=O)O)CCC(=O)Nc1ccccc1OC. The summed E-state index contributed by atoms with van der Waals surface area (Å²) >= 11 is 0. The zero-order chi connectivity index (χ0) is 15.7. The third kappa shape index (κ3) is 6.27. The zero-order valence-corrected chi connectivity index (χ0v) is 12.5. The highest BCUT2D eigenvalue weighted by atomic mass is 16.5. The average Bonchev–Trinajstić information content (AvgIpc) is 2.47. The molecule has 0 aliphatic heterocycles. The first-order valence-corrected chi connectivity index (χ1v) is 6.93. The smallest absolute Gasteiger partial charge is 0.304 e. The number of amides is 1. The molecule has 0 bridgehead atoms. The third-order valence-electron chi connectivity index (χ3n) is 3.13. The van der Waals surface area contributed by atoms with Crippen LogP contribution in [0.5, 0.6) is 5.75 Å². The van der Waals surface area contributed by atoms with E-state index >= 15 is 0 Å². The lowest BCUT2D eigenvalue weighted by atomic mass is 10.2. The molecule has 2 N–H and O–H groups in total. The Bertz CT molecular complexity index is 476. The zero-order valence-electron chi connectivity index (χ0n) is 12.5. The van der Waals surface area contributed by atoms with Crippen LogP contribution in [-0.4, -0.2) is 48.6 Å². The van der Waals surface area contributed by atoms with Gasteiger partial charge in [-0.05, 0) is 18.7 Å². The third-order valence-corrected chi connectivity index (χ3v) is 3.13. The second-order valence-electron chi connectivity index (χ2n) is 4.58. The first kappa shape index (κ1) is 17.0. The fourth-order valence-electron chi connectivity index (χ4n) is 1.90. The molecule has 1 amide bonds. The van der Waals surface area contributed by atoms with Crippen LogP contribution in [0.3, 0.4) is 0 Å². The number of aliphatic carboxylic acids is 1. The Morgan fingerprint density at radius 2 is 1.90 bits per heavy atom. The predicted molar refractivity (Wildman–Crippen MR) is 80.6 cm³/mol. The number of hydrogen-bond donors (Lipinski definition) is 2. The lowest BCUT2D eigenvalue weighted by Crippen LogP contribution is -2.29. The summed E-state index contributed by atoms with van der Waals surface area (Å²) < 4.78 is 5.17. The lowest BCUT2D eigenvalue weighted by molar-refractivity contribution is -0.137. The molecule has 0 fully saturated rings. The maximum atomic E-state index is 11.9. The van der Waals surface area contributed by atoms with Crippen LogP contribution in [0.15, 0.2) is 24.3 Å². The molecule has 0 atom stereocenters. The van der Waals surface area contributed by atoms with Gasteiger partial charge in [0.25, 0.3) is 0 Å². The Labute approximate surface area is 124 Å². The largest absolute Gasteiger partial charge is 0.495 e. The van der Waals surface area contributed by atoms with Gasteiger partial charge in [-0.2, -0.15) is 0 Å². The molecule has 0 heterocycles. The second kappa shape index (κ2) is 8.97. The van der Waals surface area contributed by atoms with Gasteiger partial charge in [-0.15, -0.1) is 0 Å². The van der Waals surface area contributed by atoms with Crippen molar-refractivity contribution >= 4 is 17.6 Å². The predicted octanol–water partition coefficient (Wildman–Crippen LogP) is 1.82. The van der Waals surface area contributed by atoms with E-state index in [0.717, 1.165) is 6.54 Å². The Kier molecular flexibility index (Phi) is 7.25. The monoisotopic (exact) mass is 294 g/mol. The van der Waals surface area contributed by atoms with E-state index in [1.165, 1.54) is 0 Å². The Balaban J connectivity index is 2.44. The molecule has 0 spiro atoms. The maximum absolute atomic E-state index is 11.9. The Morgan fingerprint density at radius 3 is 2.52 bits per heavy atom. The number of nitrogens with zero attached hydrogens (tertiary/aromatic N) is 1. The lowest BCUT2D eigenvalue weighted by Gasteiger charge is -2.19. The van der Waals surface area contributed by atoms with Crippen molar-refractivity contribution in [3.63, 3.8) is 0 Å². The molecule has 0 saturated carbocycles. The van der Waals surface area contributed by atoms with Crippen molar-refractivity contribution in [2.45, 2.75) is 19.8 Å². The summed E-state index contributed by atoms with van der Waals surface area (Å²) in [5.74, 6) is -0.329. The van der Waals surface area contributed by atoms with Gasteiger partial charge in [0, 0.05) is 19.5 Å². The van der Waals surface area contributed by atoms with E-state index in [0.29, 0.717) is 30.9 Å². The minimum atomic E-state index is -0.827. The molecule has 1 aromatic rings. The number of carboxylic acids is 1. The number of anilines is 1. The van der Waals surface area contributed by atoms with Crippen LogP contribution in [0.1, 0.15) is 19.8 Å². The van der Waals surface area contributed by atoms with Gasteiger partial charge in [-0.1, -0.05) is 19.1 Å². The van der Waals surface area contributed by atoms with E-state index in [9.17, 15) is 9.59 Å². The quantitative estimate of drug-likeness (QED) is 0.726. The average molecular weight is 294 g/mol. The summed E-state index contributed by atoms with van der Waals surface area (Å²) in [6.45, 7) is 3.65. The molecular weight excluding hydrogens is 272 g/mol. The Hall–Kier alpha value is -2.08. The van der Waals surface area contributed by atoms with Gasteiger partial charge >= 0.3 is 5.97 Å². The fraction of sp³-hybridized carbons (Fsp3) is 0.467. The van der Waals surface area contributed by atoms with Crippen molar-refractivity contribution in [1.29, 1.82) is 0 Å². The summed E-state index contributed by atoms with van der Waals surface area (Å²) in [6, 6.07) is 7.21. The number of para-hydroxylation sites is 2. The standard InChI is InChI=1S/C15H22N2O4/c1-3-17(11-9-15(19)20)10-8-14(18)16-12-6-4-5-7-13(12)21-2/h4-7H,3,8-11H2,1-2H3,(H,16,18)(H,19,20). The molecule has 1 aromatic carbocycles. The van der Waals surface area contributed by atoms with Gasteiger partial charge < -0.3 is 20.1 Å². The van der Waals surface area contributed by atoms with Gasteiger partial charge in [-0.25, -0.2) is 0 Å². The van der Waals surface area contributed by atoms with E-state index in [1.54, 1.807) is 19.2 Å². The summed E-state index contributed by atoms with van der Waals surface area (Å²) in [7, 11) is 1.55. The Morgan fingerprint density at radius 1 is 1.24 bits per heavy atom. The highest BCUT2D eigenvalue weighted by Gasteiger charge is 2.10. The van der Waals surface area contributed by atoms with Gasteiger partial charge in [-0.3, -0.25) is 9.59 Å². The summed E-state index contributed by atoms with van der Waals surface area (Å²) in [4.78, 5) is 24.4. The molecule has 21 heavy (non-hydrogen) atoms. The van der Waals surface area contributed by atoms with Crippen LogP contribution in [0.4, 0.5) is 5.69 Å². The van der Waals surface area contributed by atoms with Crippen LogP contribution in [0, 0.1) is 0 Å². The number of methoxy groups -OCH3 is 1. The summed E-state index contributed by atoms with van der Waals surface area (Å²) in [5.41, 5.74) is 0.638. The van der Waals surface area contributed by atoms with E-state index in [1.807, 2.05) is 24.0 Å². The normalized spacial score (nSPS) is 10.4. The number of benzene rings is 1. The molecule has 6 heteroatoms. The van der Waals surface area contributed by atoms with Crippen molar-refractivity contribution in [3.05, 3.63) is 24.3 Å². The summed E-state index contributed by atoms with van der Waals surface area (Å²) in [5, 5.41) is 11.5. The molecule has 0 aliphatic carbocycles. The highest BCUT2D eigenvalue weighted by molar-refractivity contribution is 5.92. The minimum Gasteiger partial charge on any atom is -0.495 e. The number of ether oxygens (including phenoxy) is 1. The fourth-order valence-corrected chi connectivity index (χ4v) is 1.90. The molecule has 6 nitrogen and oxygen atoms in total. The number of carboxylic acid groups (broad SMARTS) is 1. The van der Waals surface area contributed by atoms with Crippen LogP contribution in [0.2, 0.25) is 0 Å². The van der Waals surface area contributed by atoms with E-state index in [-0.39, 0.29) is 12.3 Å². The van der Waals surface area contributed by atoms with Gasteiger partial charge in [0.15, 0.2) is 0 Å². The van der Waals surface area contributed by atoms with Crippen LogP contribution in [0.25, 0.3) is 0 Å². The molecule has 0 radical (unpaired) electrons. The number of rotatable bonds is 9. The maximum Gasteiger partial charge on any atom is 0.304 e. The van der Waals surface area contributed by atoms with Gasteiger partial charge in [0.05, 0.1) is 19.2 Å². The number of carbonyl (C=O) groups excluding carboxylic acids is 1. The van der Waals surface area contributed by atoms with Crippen LogP contribution >= 0.6 is 0 Å². The first-order valence-electron chi connectivity index (χ1n) is 6.93. The molecule has 1 rings (SSSR count). The molecule has 0 unspecified atom stereocenters. The number of carbonyl (C=O) groups is 2. The molecule has 0 aliphatic rings. The highest BCUT2D eigenvalue weighted by Crippen LogP contribution is 2.22. The van der Waals surface area contributed by atoms with Gasteiger partial charge in [0.1, 0.15) is 5.75 Å². The number of nitrogens with one attached hydrogen (secondary N) is 1. The molecule has 116 valence electrons. The van der Waals surface area contributed by atoms with Crippen LogP contribution < -0.4 is 10.1 Å². The molecule has 0 aromatic heterocycles. The van der Waals surface area contributed by atoms with E-state index < -0.39 is 5.97 Å². The van der Waals surface area contributed by atoms with Crippen molar-refractivity contribution in [2.24, 2.45) is 0 Å². The number of hydrogen-bond acceptors (Lipinski definition) is 4. The first-order chi connectivity index (χ1) is 10.1. The minimum absolute atomic E-state index is 0.0853. The van der Waals surface area contributed by atoms with E-state index in [4.69, 9.17) is 9.84 Å². The van der Waals surface area contributed by atoms with Crippen molar-refractivity contribution < 1.29 is 19.4 Å². The molecule has 0 saturated heterocycles. The summed E-state index contributed by atoms with van der Waals surface area (Å²) in [6.07, 6.45) is 0.396. The second-order valence-corrected chi connectivity index (χ2v) is 4.58. The topological polar surface area (TPSA) is 78.9 Å². The van der Waals surface area contributed by atoms with Crippen molar-refractivity contribution in [1.82, 2.24) is 4.90 Å². The van der Waals surface area contributed by atoms with Crippen molar-refractivity contribution in [2.75, 3.05) is 32.1 Å². The molecular formula is C15H22N2O4.